The molecule has 7 heteroatoms. The van der Waals surface area contributed by atoms with E-state index in [1.807, 2.05) is 32.0 Å². The molecule has 0 spiro atoms. The first-order chi connectivity index (χ1) is 21.2. The zero-order chi connectivity index (χ0) is 31.6. The zero-order valence-corrected chi connectivity index (χ0v) is 26.2. The molecule has 0 aliphatic rings. The molecule has 44 heavy (non-hydrogen) atoms. The summed E-state index contributed by atoms with van der Waals surface area (Å²) >= 11 is 0. The number of hydrogen-bond acceptors (Lipinski definition) is 5. The molecule has 0 aliphatic heterocycles. The van der Waals surface area contributed by atoms with Gasteiger partial charge >= 0.3 is 0 Å². The first-order valence-corrected chi connectivity index (χ1v) is 15.4. The topological polar surface area (TPSA) is 55.4 Å². The fourth-order valence-electron chi connectivity index (χ4n) is 5.30. The summed E-state index contributed by atoms with van der Waals surface area (Å²) in [4.78, 5) is 4.51. The first kappa shape index (κ1) is 32.5. The number of aromatic nitrogens is 1. The fraction of sp³-hybridized carbons (Fsp3) is 0.324. The summed E-state index contributed by atoms with van der Waals surface area (Å²) in [5.74, 6) is 1.10. The first-order valence-electron chi connectivity index (χ1n) is 15.4. The second-order valence-corrected chi connectivity index (χ2v) is 11.1. The summed E-state index contributed by atoms with van der Waals surface area (Å²) in [5, 5.41) is 6.95. The third kappa shape index (κ3) is 8.16. The molecule has 0 fully saturated rings. The predicted octanol–water partition coefficient (Wildman–Crippen LogP) is 10.0. The van der Waals surface area contributed by atoms with Crippen molar-refractivity contribution in [3.05, 3.63) is 114 Å². The molecule has 1 heterocycles. The summed E-state index contributed by atoms with van der Waals surface area (Å²) in [6.45, 7) is 17.3. The van der Waals surface area contributed by atoms with E-state index in [4.69, 9.17) is 9.47 Å². The number of nitrogens with one attached hydrogen (secondary N) is 2. The molecule has 0 saturated heterocycles. The second-order valence-electron chi connectivity index (χ2n) is 11.1. The van der Waals surface area contributed by atoms with Crippen molar-refractivity contribution in [1.29, 1.82) is 0 Å². The average Bonchev–Trinajstić information content (AvgIpc) is 3.00. The molecule has 0 amide bonds. The van der Waals surface area contributed by atoms with Gasteiger partial charge in [-0.3, -0.25) is 4.98 Å². The van der Waals surface area contributed by atoms with Crippen LogP contribution in [0, 0.1) is 24.5 Å². The van der Waals surface area contributed by atoms with Gasteiger partial charge in [0, 0.05) is 41.5 Å². The largest absolute Gasteiger partial charge is 0.493 e. The van der Waals surface area contributed by atoms with Crippen LogP contribution in [-0.2, 0) is 13.0 Å². The summed E-state index contributed by atoms with van der Waals surface area (Å²) in [6.07, 6.45) is 6.93. The van der Waals surface area contributed by atoms with Crippen LogP contribution in [-0.4, -0.2) is 11.6 Å². The van der Waals surface area contributed by atoms with Gasteiger partial charge in [0.25, 0.3) is 0 Å². The highest BCUT2D eigenvalue weighted by Crippen LogP contribution is 2.35. The lowest BCUT2D eigenvalue weighted by Crippen LogP contribution is -2.18. The highest BCUT2D eigenvalue weighted by molar-refractivity contribution is 5.87. The Morgan fingerprint density at radius 2 is 1.66 bits per heavy atom. The maximum Gasteiger partial charge on any atom is 0.167 e. The number of hydrogen-bond donors (Lipinski definition) is 2. The fourth-order valence-corrected chi connectivity index (χ4v) is 5.30. The Kier molecular flexibility index (Phi) is 11.4. The molecular formula is C37H43F2N3O2. The molecule has 0 radical (unpaired) electrons. The molecular weight excluding hydrogens is 556 g/mol. The lowest BCUT2D eigenvalue weighted by Gasteiger charge is -2.18. The molecule has 0 atom stereocenters. The summed E-state index contributed by atoms with van der Waals surface area (Å²) in [5.41, 5.74) is 4.59. The lowest BCUT2D eigenvalue weighted by atomic mass is 9.99. The van der Waals surface area contributed by atoms with Crippen LogP contribution in [0.5, 0.6) is 17.2 Å². The van der Waals surface area contributed by atoms with Crippen LogP contribution in [0.3, 0.4) is 0 Å². The van der Waals surface area contributed by atoms with Crippen LogP contribution in [0.15, 0.2) is 85.3 Å². The normalized spacial score (nSPS) is 11.1. The molecule has 3 aromatic carbocycles. The highest BCUT2D eigenvalue weighted by Gasteiger charge is 2.15. The van der Waals surface area contributed by atoms with Crippen molar-refractivity contribution in [2.24, 2.45) is 5.92 Å². The van der Waals surface area contributed by atoms with Gasteiger partial charge in [0.05, 0.1) is 23.5 Å². The maximum atomic E-state index is 15.2. The zero-order valence-electron chi connectivity index (χ0n) is 26.2. The minimum atomic E-state index is -0.542. The third-order valence-corrected chi connectivity index (χ3v) is 7.75. The lowest BCUT2D eigenvalue weighted by molar-refractivity contribution is 0.229. The van der Waals surface area contributed by atoms with Crippen LogP contribution < -0.4 is 20.1 Å². The SMILES string of the molecule is C=C(NCc1c(F)cccc1CC)C(=C)Nc1ccc(Oc2ccnc3cc(OCC(CCC)CCC)c(C)cc23)c(F)c1. The summed E-state index contributed by atoms with van der Waals surface area (Å²) in [6, 6.07) is 15.3. The van der Waals surface area contributed by atoms with Gasteiger partial charge in [-0.25, -0.2) is 8.78 Å². The van der Waals surface area contributed by atoms with E-state index >= 15 is 4.39 Å². The third-order valence-electron chi connectivity index (χ3n) is 7.75. The molecule has 0 bridgehead atoms. The number of nitrogens with zero attached hydrogens (tertiary/aromatic N) is 1. The van der Waals surface area contributed by atoms with Crippen molar-refractivity contribution in [3.8, 4) is 17.2 Å². The van der Waals surface area contributed by atoms with Crippen molar-refractivity contribution >= 4 is 16.6 Å². The number of aryl methyl sites for hydroxylation is 2. The Labute approximate surface area is 260 Å². The molecule has 232 valence electrons. The van der Waals surface area contributed by atoms with Gasteiger partial charge < -0.3 is 20.1 Å². The van der Waals surface area contributed by atoms with Crippen molar-refractivity contribution in [3.63, 3.8) is 0 Å². The smallest absolute Gasteiger partial charge is 0.167 e. The molecule has 4 aromatic rings. The highest BCUT2D eigenvalue weighted by atomic mass is 19.1. The van der Waals surface area contributed by atoms with E-state index in [1.54, 1.807) is 30.5 Å². The van der Waals surface area contributed by atoms with E-state index in [0.29, 0.717) is 46.4 Å². The van der Waals surface area contributed by atoms with Gasteiger partial charge in [-0.15, -0.1) is 0 Å². The Balaban J connectivity index is 1.42. The van der Waals surface area contributed by atoms with E-state index in [1.165, 1.54) is 12.1 Å². The van der Waals surface area contributed by atoms with Crippen LogP contribution >= 0.6 is 0 Å². The van der Waals surface area contributed by atoms with Crippen molar-refractivity contribution in [2.75, 3.05) is 11.9 Å². The van der Waals surface area contributed by atoms with Crippen molar-refractivity contribution < 1.29 is 18.3 Å². The molecule has 0 unspecified atom stereocenters. The Morgan fingerprint density at radius 3 is 2.36 bits per heavy atom. The van der Waals surface area contributed by atoms with Crippen LogP contribution in [0.2, 0.25) is 0 Å². The van der Waals surface area contributed by atoms with E-state index in [9.17, 15) is 4.39 Å². The van der Waals surface area contributed by atoms with Gasteiger partial charge in [-0.05, 0) is 73.6 Å². The van der Waals surface area contributed by atoms with Gasteiger partial charge in [-0.2, -0.15) is 0 Å². The van der Waals surface area contributed by atoms with Crippen molar-refractivity contribution in [1.82, 2.24) is 10.3 Å². The van der Waals surface area contributed by atoms with Gasteiger partial charge in [0.1, 0.15) is 17.3 Å². The van der Waals surface area contributed by atoms with E-state index < -0.39 is 5.82 Å². The standard InChI is InChI=1S/C37H43F2N3O2/c1-7-11-27(12-8-2)23-43-37-21-34-30(19-24(37)4)35(17-18-40-34)44-36-16-15-29(20-33(36)39)42-26(6)25(5)41-22-31-28(9-3)13-10-14-32(31)38/h10,13-21,27,41-42H,5-9,11-12,22-23H2,1-4H3. The minimum absolute atomic E-state index is 0.0808. The molecule has 0 aliphatic carbocycles. The number of anilines is 1. The van der Waals surface area contributed by atoms with Crippen LogP contribution in [0.4, 0.5) is 14.5 Å². The van der Waals surface area contributed by atoms with Gasteiger partial charge in [0.2, 0.25) is 0 Å². The summed E-state index contributed by atoms with van der Waals surface area (Å²) < 4.78 is 41.8. The molecule has 1 aromatic heterocycles. The van der Waals surface area contributed by atoms with E-state index in [2.05, 4.69) is 42.6 Å². The predicted molar refractivity (Wildman–Crippen MR) is 176 cm³/mol. The van der Waals surface area contributed by atoms with E-state index in [-0.39, 0.29) is 18.1 Å². The molecule has 4 rings (SSSR count). The monoisotopic (exact) mass is 599 g/mol. The number of pyridine rings is 1. The molecule has 0 saturated carbocycles. The van der Waals surface area contributed by atoms with Gasteiger partial charge in [0.15, 0.2) is 11.6 Å². The Bertz CT molecular complexity index is 1610. The number of halogens is 2. The average molecular weight is 600 g/mol. The van der Waals surface area contributed by atoms with Gasteiger partial charge in [-0.1, -0.05) is 58.9 Å². The Hall–Kier alpha value is -4.39. The number of fused-ring (bicyclic) bond motifs is 1. The van der Waals surface area contributed by atoms with E-state index in [0.717, 1.165) is 54.4 Å². The van der Waals surface area contributed by atoms with Crippen molar-refractivity contribution in [2.45, 2.75) is 66.3 Å². The van der Waals surface area contributed by atoms with Crippen LogP contribution in [0.25, 0.3) is 10.9 Å². The molecule has 2 N–H and O–H groups in total. The quantitative estimate of drug-likeness (QED) is 0.126. The number of ether oxygens (including phenoxy) is 2. The second kappa shape index (κ2) is 15.4. The number of benzene rings is 3. The summed E-state index contributed by atoms with van der Waals surface area (Å²) in [7, 11) is 0. The maximum absolute atomic E-state index is 15.2. The molecule has 5 nitrogen and oxygen atoms in total. The van der Waals surface area contributed by atoms with Crippen LogP contribution in [0.1, 0.15) is 63.1 Å². The Morgan fingerprint density at radius 1 is 0.886 bits per heavy atom. The minimum Gasteiger partial charge on any atom is -0.493 e. The number of rotatable bonds is 16.